The van der Waals surface area contributed by atoms with Gasteiger partial charge < -0.3 is 4.74 Å². The second-order valence-electron chi connectivity index (χ2n) is 4.82. The van der Waals surface area contributed by atoms with Gasteiger partial charge in [-0.25, -0.2) is 0 Å². The Morgan fingerprint density at radius 1 is 1.06 bits per heavy atom. The minimum atomic E-state index is -0.638. The number of allylic oxidation sites excluding steroid dienone is 3. The van der Waals surface area contributed by atoms with E-state index in [0.717, 1.165) is 12.8 Å². The smallest absolute Gasteiger partial charge is 0.303 e. The van der Waals surface area contributed by atoms with Gasteiger partial charge in [0.15, 0.2) is 11.9 Å². The van der Waals surface area contributed by atoms with Crippen LogP contribution in [0.5, 0.6) is 0 Å². The van der Waals surface area contributed by atoms with Crippen molar-refractivity contribution >= 4 is 11.8 Å². The molecular weight excluding hydrogens is 228 g/mol. The number of ketones is 1. The van der Waals surface area contributed by atoms with Gasteiger partial charge in [0.2, 0.25) is 0 Å². The molecule has 0 aliphatic rings. The lowest BCUT2D eigenvalue weighted by Crippen LogP contribution is -2.23. The first-order valence-electron chi connectivity index (χ1n) is 6.29. The number of hydrogen-bond donors (Lipinski definition) is 0. The Balaban J connectivity index is 4.26. The fourth-order valence-electron chi connectivity index (χ4n) is 1.50. The summed E-state index contributed by atoms with van der Waals surface area (Å²) >= 11 is 0. The third-order valence-electron chi connectivity index (χ3n) is 2.53. The van der Waals surface area contributed by atoms with Crippen LogP contribution in [0.1, 0.15) is 53.9 Å². The molecule has 0 fully saturated rings. The zero-order valence-corrected chi connectivity index (χ0v) is 12.1. The summed E-state index contributed by atoms with van der Waals surface area (Å²) < 4.78 is 4.96. The molecule has 0 aromatic heterocycles. The highest BCUT2D eigenvalue weighted by atomic mass is 16.5. The van der Waals surface area contributed by atoms with Crippen molar-refractivity contribution in [3.05, 3.63) is 23.3 Å². The van der Waals surface area contributed by atoms with Crippen LogP contribution in [0.4, 0.5) is 0 Å². The van der Waals surface area contributed by atoms with Crippen LogP contribution in [0.15, 0.2) is 23.3 Å². The van der Waals surface area contributed by atoms with E-state index in [0.29, 0.717) is 6.42 Å². The van der Waals surface area contributed by atoms with Gasteiger partial charge in [-0.1, -0.05) is 23.3 Å². The highest BCUT2D eigenvalue weighted by Gasteiger charge is 2.15. The van der Waals surface area contributed by atoms with E-state index >= 15 is 0 Å². The molecule has 0 aliphatic carbocycles. The van der Waals surface area contributed by atoms with E-state index in [9.17, 15) is 9.59 Å². The van der Waals surface area contributed by atoms with Crippen LogP contribution < -0.4 is 0 Å². The Kier molecular flexibility index (Phi) is 8.01. The number of esters is 1. The standard InChI is InChI=1S/C15H24O3/c1-11(2)7-6-8-12(3)9-10-15(13(4)16)18-14(5)17/h7,9,15H,6,8,10H2,1-5H3/b12-9-/t15-/m1/s1. The third-order valence-corrected chi connectivity index (χ3v) is 2.53. The molecule has 0 spiro atoms. The first-order valence-corrected chi connectivity index (χ1v) is 6.29. The normalized spacial score (nSPS) is 12.8. The predicted octanol–water partition coefficient (Wildman–Crippen LogP) is 3.59. The molecule has 1 atom stereocenters. The summed E-state index contributed by atoms with van der Waals surface area (Å²) in [5.41, 5.74) is 2.52. The van der Waals surface area contributed by atoms with Crippen LogP contribution in [0.2, 0.25) is 0 Å². The predicted molar refractivity (Wildman–Crippen MR) is 73.3 cm³/mol. The zero-order chi connectivity index (χ0) is 14.1. The third kappa shape index (κ3) is 8.74. The molecule has 0 aromatic carbocycles. The summed E-state index contributed by atoms with van der Waals surface area (Å²) in [4.78, 5) is 22.1. The Bertz CT molecular complexity index is 347. The number of hydrogen-bond acceptors (Lipinski definition) is 3. The summed E-state index contributed by atoms with van der Waals surface area (Å²) in [6.07, 6.45) is 5.97. The number of rotatable bonds is 7. The van der Waals surface area contributed by atoms with Crippen LogP contribution in [-0.4, -0.2) is 17.9 Å². The van der Waals surface area contributed by atoms with Gasteiger partial charge in [-0.05, 0) is 40.5 Å². The van der Waals surface area contributed by atoms with Crippen molar-refractivity contribution in [2.24, 2.45) is 0 Å². The van der Waals surface area contributed by atoms with Crippen molar-refractivity contribution in [2.75, 3.05) is 0 Å². The fourth-order valence-corrected chi connectivity index (χ4v) is 1.50. The lowest BCUT2D eigenvalue weighted by Gasteiger charge is -2.12. The molecule has 0 heterocycles. The minimum Gasteiger partial charge on any atom is -0.454 e. The molecule has 3 nitrogen and oxygen atoms in total. The van der Waals surface area contributed by atoms with Crippen molar-refractivity contribution in [2.45, 2.75) is 60.0 Å². The molecule has 0 rings (SSSR count). The Morgan fingerprint density at radius 2 is 1.67 bits per heavy atom. The number of carbonyl (C=O) groups excluding carboxylic acids is 2. The molecule has 0 unspecified atom stereocenters. The Hall–Kier alpha value is -1.38. The largest absolute Gasteiger partial charge is 0.454 e. The summed E-state index contributed by atoms with van der Waals surface area (Å²) in [7, 11) is 0. The average molecular weight is 252 g/mol. The summed E-state index contributed by atoms with van der Waals surface area (Å²) in [6, 6.07) is 0. The van der Waals surface area contributed by atoms with Crippen LogP contribution in [0.25, 0.3) is 0 Å². The van der Waals surface area contributed by atoms with Crippen LogP contribution in [0.3, 0.4) is 0 Å². The maximum atomic E-state index is 11.3. The van der Waals surface area contributed by atoms with E-state index in [-0.39, 0.29) is 5.78 Å². The van der Waals surface area contributed by atoms with Gasteiger partial charge in [0.25, 0.3) is 0 Å². The molecular formula is C15H24O3. The summed E-state index contributed by atoms with van der Waals surface area (Å²) in [5, 5.41) is 0. The lowest BCUT2D eigenvalue weighted by molar-refractivity contribution is -0.152. The Labute approximate surface area is 110 Å². The van der Waals surface area contributed by atoms with Crippen LogP contribution in [-0.2, 0) is 14.3 Å². The zero-order valence-electron chi connectivity index (χ0n) is 12.1. The van der Waals surface area contributed by atoms with Crippen molar-refractivity contribution in [3.8, 4) is 0 Å². The highest BCUT2D eigenvalue weighted by molar-refractivity contribution is 5.83. The Morgan fingerprint density at radius 3 is 2.11 bits per heavy atom. The second kappa shape index (κ2) is 8.67. The number of carbonyl (C=O) groups is 2. The molecule has 3 heteroatoms. The monoisotopic (exact) mass is 252 g/mol. The van der Waals surface area contributed by atoms with Gasteiger partial charge in [-0.2, -0.15) is 0 Å². The highest BCUT2D eigenvalue weighted by Crippen LogP contribution is 2.10. The van der Waals surface area contributed by atoms with Gasteiger partial charge in [0.1, 0.15) is 0 Å². The molecule has 0 saturated carbocycles. The van der Waals surface area contributed by atoms with Gasteiger partial charge >= 0.3 is 5.97 Å². The van der Waals surface area contributed by atoms with Crippen molar-refractivity contribution in [1.29, 1.82) is 0 Å². The van der Waals surface area contributed by atoms with Gasteiger partial charge in [0.05, 0.1) is 0 Å². The van der Waals surface area contributed by atoms with Crippen molar-refractivity contribution in [1.82, 2.24) is 0 Å². The van der Waals surface area contributed by atoms with Gasteiger partial charge in [0, 0.05) is 13.3 Å². The summed E-state index contributed by atoms with van der Waals surface area (Å²) in [6.45, 7) is 8.95. The second-order valence-corrected chi connectivity index (χ2v) is 4.82. The molecule has 0 saturated heterocycles. The maximum Gasteiger partial charge on any atom is 0.303 e. The molecule has 18 heavy (non-hydrogen) atoms. The van der Waals surface area contributed by atoms with Crippen molar-refractivity contribution in [3.63, 3.8) is 0 Å². The molecule has 0 aliphatic heterocycles. The first kappa shape index (κ1) is 16.6. The van der Waals surface area contributed by atoms with E-state index in [1.165, 1.54) is 25.0 Å². The van der Waals surface area contributed by atoms with E-state index in [4.69, 9.17) is 4.74 Å². The number of ether oxygens (including phenoxy) is 1. The van der Waals surface area contributed by atoms with E-state index in [1.54, 1.807) is 0 Å². The SMILES string of the molecule is CC(=O)O[C@H](C/C=C(/C)CCC=C(C)C)C(C)=O. The van der Waals surface area contributed by atoms with Gasteiger partial charge in [-0.15, -0.1) is 0 Å². The topological polar surface area (TPSA) is 43.4 Å². The maximum absolute atomic E-state index is 11.3. The van der Waals surface area contributed by atoms with E-state index in [1.807, 2.05) is 13.0 Å². The molecule has 0 N–H and O–H groups in total. The van der Waals surface area contributed by atoms with Crippen LogP contribution in [0, 0.1) is 0 Å². The van der Waals surface area contributed by atoms with E-state index in [2.05, 4.69) is 19.9 Å². The lowest BCUT2D eigenvalue weighted by atomic mass is 10.1. The molecule has 0 aromatic rings. The fraction of sp³-hybridized carbons (Fsp3) is 0.600. The quantitative estimate of drug-likeness (QED) is 0.513. The number of Topliss-reactive ketones (excluding diaryl/α,β-unsaturated/α-hetero) is 1. The summed E-state index contributed by atoms with van der Waals surface area (Å²) in [5.74, 6) is -0.524. The van der Waals surface area contributed by atoms with Crippen LogP contribution >= 0.6 is 0 Å². The minimum absolute atomic E-state index is 0.112. The van der Waals surface area contributed by atoms with Gasteiger partial charge in [-0.3, -0.25) is 9.59 Å². The molecule has 0 radical (unpaired) electrons. The molecule has 102 valence electrons. The average Bonchev–Trinajstić information content (AvgIpc) is 2.22. The molecule has 0 amide bonds. The molecule has 0 bridgehead atoms. The van der Waals surface area contributed by atoms with E-state index < -0.39 is 12.1 Å². The van der Waals surface area contributed by atoms with Crippen molar-refractivity contribution < 1.29 is 14.3 Å². The first-order chi connectivity index (χ1) is 8.32.